The van der Waals surface area contributed by atoms with E-state index in [-0.39, 0.29) is 75.1 Å². The van der Waals surface area contributed by atoms with Crippen molar-refractivity contribution >= 4 is 28.9 Å². The highest BCUT2D eigenvalue weighted by molar-refractivity contribution is 7.10. The van der Waals surface area contributed by atoms with Gasteiger partial charge in [0.25, 0.3) is 11.8 Å². The summed E-state index contributed by atoms with van der Waals surface area (Å²) < 4.78 is 95.9. The second-order valence-electron chi connectivity index (χ2n) is 15.1. The lowest BCUT2D eigenvalue weighted by molar-refractivity contribution is -0.163. The van der Waals surface area contributed by atoms with Crippen molar-refractivity contribution in [1.82, 2.24) is 14.8 Å². The predicted octanol–water partition coefficient (Wildman–Crippen LogP) is 8.30. The van der Waals surface area contributed by atoms with Crippen molar-refractivity contribution in [2.45, 2.75) is 101 Å². The molecule has 6 rings (SSSR count). The van der Waals surface area contributed by atoms with Gasteiger partial charge in [-0.15, -0.1) is 11.3 Å². The first-order chi connectivity index (χ1) is 26.5. The monoisotopic (exact) mass is 809 g/mol. The van der Waals surface area contributed by atoms with E-state index >= 15 is 0 Å². The molecule has 16 heteroatoms. The zero-order chi connectivity index (χ0) is 40.5. The maximum Gasteiger partial charge on any atom is 0.425 e. The Hall–Kier alpha value is -4.18. The lowest BCUT2D eigenvalue weighted by Gasteiger charge is -2.51. The van der Waals surface area contributed by atoms with Crippen LogP contribution in [0, 0.1) is 11.8 Å². The van der Waals surface area contributed by atoms with Crippen LogP contribution in [0.2, 0.25) is 0 Å². The lowest BCUT2D eigenvalue weighted by Crippen LogP contribution is -2.68. The van der Waals surface area contributed by atoms with Gasteiger partial charge in [-0.2, -0.15) is 26.3 Å². The van der Waals surface area contributed by atoms with Crippen LogP contribution < -0.4 is 9.47 Å². The van der Waals surface area contributed by atoms with E-state index in [0.717, 1.165) is 43.1 Å². The Labute approximate surface area is 325 Å². The highest BCUT2D eigenvalue weighted by Crippen LogP contribution is 2.45. The van der Waals surface area contributed by atoms with E-state index in [9.17, 15) is 45.8 Å². The molecule has 1 aromatic carbocycles. The van der Waals surface area contributed by atoms with E-state index in [0.29, 0.717) is 41.7 Å². The normalized spacial score (nSPS) is 24.2. The molecular formula is C40H45F6N3O6S. The first kappa shape index (κ1) is 41.5. The molecule has 1 aliphatic carbocycles. The number of ketones is 1. The van der Waals surface area contributed by atoms with Gasteiger partial charge in [0.2, 0.25) is 5.60 Å². The number of halogens is 6. The number of benzene rings is 1. The molecule has 1 saturated carbocycles. The number of para-hydroxylation sites is 1. The maximum atomic E-state index is 15.0. The van der Waals surface area contributed by atoms with Crippen molar-refractivity contribution in [2.24, 2.45) is 11.8 Å². The van der Waals surface area contributed by atoms with Crippen LogP contribution in [0.25, 0.3) is 0 Å². The van der Waals surface area contributed by atoms with Crippen molar-refractivity contribution in [3.8, 4) is 11.5 Å². The van der Waals surface area contributed by atoms with Gasteiger partial charge in [-0.1, -0.05) is 31.5 Å². The number of pyridine rings is 1. The summed E-state index contributed by atoms with van der Waals surface area (Å²) in [7, 11) is 0. The van der Waals surface area contributed by atoms with Gasteiger partial charge in [0, 0.05) is 61.4 Å². The first-order valence-corrected chi connectivity index (χ1v) is 19.8. The van der Waals surface area contributed by atoms with Crippen molar-refractivity contribution in [2.75, 3.05) is 26.2 Å². The number of thiophene rings is 1. The third-order valence-electron chi connectivity index (χ3n) is 11.4. The minimum absolute atomic E-state index is 0.00273. The van der Waals surface area contributed by atoms with E-state index in [1.54, 1.807) is 38.1 Å². The van der Waals surface area contributed by atoms with Crippen LogP contribution in [0.3, 0.4) is 0 Å². The molecule has 2 aliphatic heterocycles. The molecule has 4 atom stereocenters. The number of carbonyl (C=O) groups excluding carboxylic acids is 3. The van der Waals surface area contributed by atoms with Crippen molar-refractivity contribution in [3.63, 3.8) is 0 Å². The maximum absolute atomic E-state index is 15.0. The molecule has 3 aromatic rings. The molecule has 0 bridgehead atoms. The standard InChI is InChI=1S/C40H45F6N3O6S/c1-3-7-33-38(55-28-21-34(56-24-28)40(44,45)46,13-6-17-49(33)35(51)29-22-47-16-12-30(29)39(41,42)43)36(52)48-18-14-37(53,15-19-48)31-8-4-5-9-32(31)54-23-26-10-11-27(20-26)25(2)50/h4-5,8-9,12,16,21-22,24,26-27,33,53H,3,6-7,10-11,13-15,17-20,23H2,1-2H3/t26-,27+,33+,38-/m0/s1. The third-order valence-corrected chi connectivity index (χ3v) is 12.4. The fraction of sp³-hybridized carbons (Fsp3) is 0.550. The fourth-order valence-electron chi connectivity index (χ4n) is 8.50. The molecule has 0 spiro atoms. The van der Waals surface area contributed by atoms with Crippen molar-refractivity contribution < 1.29 is 55.3 Å². The van der Waals surface area contributed by atoms with Crippen LogP contribution in [0.15, 0.2) is 54.2 Å². The molecule has 3 fully saturated rings. The number of rotatable bonds is 11. The van der Waals surface area contributed by atoms with E-state index in [1.807, 2.05) is 0 Å². The quantitative estimate of drug-likeness (QED) is 0.194. The van der Waals surface area contributed by atoms with Crippen LogP contribution in [0.1, 0.15) is 98.0 Å². The molecule has 56 heavy (non-hydrogen) atoms. The van der Waals surface area contributed by atoms with Gasteiger partial charge in [-0.3, -0.25) is 19.4 Å². The number of aromatic nitrogens is 1. The summed E-state index contributed by atoms with van der Waals surface area (Å²) in [5.41, 5.74) is -4.77. The molecule has 2 saturated heterocycles. The number of ether oxygens (including phenoxy) is 2. The van der Waals surface area contributed by atoms with Gasteiger partial charge in [-0.25, -0.2) is 0 Å². The summed E-state index contributed by atoms with van der Waals surface area (Å²) in [6, 6.07) is 7.39. The molecular weight excluding hydrogens is 765 g/mol. The average Bonchev–Trinajstić information content (AvgIpc) is 3.85. The zero-order valence-corrected chi connectivity index (χ0v) is 31.9. The minimum Gasteiger partial charge on any atom is -0.493 e. The molecule has 0 unspecified atom stereocenters. The van der Waals surface area contributed by atoms with Crippen LogP contribution in [0.5, 0.6) is 11.5 Å². The first-order valence-electron chi connectivity index (χ1n) is 18.9. The number of amides is 2. The van der Waals surface area contributed by atoms with E-state index < -0.39 is 57.4 Å². The van der Waals surface area contributed by atoms with Crippen molar-refractivity contribution in [3.05, 3.63) is 75.7 Å². The van der Waals surface area contributed by atoms with E-state index in [4.69, 9.17) is 9.47 Å². The zero-order valence-electron chi connectivity index (χ0n) is 31.1. The Morgan fingerprint density at radius 3 is 2.38 bits per heavy atom. The fourth-order valence-corrected chi connectivity index (χ4v) is 9.18. The summed E-state index contributed by atoms with van der Waals surface area (Å²) in [6.45, 7) is 3.71. The molecule has 3 aliphatic rings. The highest BCUT2D eigenvalue weighted by Gasteiger charge is 2.56. The van der Waals surface area contributed by atoms with Gasteiger partial charge in [-0.05, 0) is 69.9 Å². The smallest absolute Gasteiger partial charge is 0.425 e. The number of Topliss-reactive ketones (excluding diaryl/α,β-unsaturated/α-hetero) is 1. The number of hydrogen-bond acceptors (Lipinski definition) is 8. The molecule has 2 aromatic heterocycles. The second-order valence-corrected chi connectivity index (χ2v) is 16.0. The second kappa shape index (κ2) is 16.4. The van der Waals surface area contributed by atoms with Crippen LogP contribution in [-0.2, 0) is 27.5 Å². The Morgan fingerprint density at radius 2 is 1.73 bits per heavy atom. The Balaban J connectivity index is 1.29. The van der Waals surface area contributed by atoms with Gasteiger partial charge < -0.3 is 24.4 Å². The van der Waals surface area contributed by atoms with Gasteiger partial charge in [0.15, 0.2) is 0 Å². The molecule has 304 valence electrons. The Morgan fingerprint density at radius 1 is 1.00 bits per heavy atom. The van der Waals surface area contributed by atoms with Gasteiger partial charge in [0.1, 0.15) is 22.2 Å². The third kappa shape index (κ3) is 8.55. The summed E-state index contributed by atoms with van der Waals surface area (Å²) in [5, 5.41) is 13.2. The van der Waals surface area contributed by atoms with Crippen molar-refractivity contribution in [1.29, 1.82) is 0 Å². The largest absolute Gasteiger partial charge is 0.493 e. The van der Waals surface area contributed by atoms with Gasteiger partial charge >= 0.3 is 12.4 Å². The van der Waals surface area contributed by atoms with Crippen LogP contribution >= 0.6 is 11.3 Å². The number of alkyl halides is 6. The number of nitrogens with zero attached hydrogens (tertiary/aromatic N) is 3. The number of piperidine rings is 2. The summed E-state index contributed by atoms with van der Waals surface area (Å²) in [5.74, 6) is -1.06. The number of likely N-dealkylation sites (tertiary alicyclic amines) is 2. The van der Waals surface area contributed by atoms with Crippen LogP contribution in [0.4, 0.5) is 26.3 Å². The molecule has 2 amide bonds. The summed E-state index contributed by atoms with van der Waals surface area (Å²) >= 11 is 0.377. The van der Waals surface area contributed by atoms with E-state index in [1.165, 1.54) is 9.80 Å². The summed E-state index contributed by atoms with van der Waals surface area (Å²) in [4.78, 5) is 46.4. The Bertz CT molecular complexity index is 1890. The molecule has 9 nitrogen and oxygen atoms in total. The average molecular weight is 810 g/mol. The van der Waals surface area contributed by atoms with Gasteiger partial charge in [0.05, 0.1) is 29.4 Å². The molecule has 1 N–H and O–H groups in total. The van der Waals surface area contributed by atoms with Crippen LogP contribution in [-0.4, -0.2) is 75.4 Å². The topological polar surface area (TPSA) is 109 Å². The van der Waals surface area contributed by atoms with E-state index in [2.05, 4.69) is 4.98 Å². The highest BCUT2D eigenvalue weighted by atomic mass is 32.1. The SMILES string of the molecule is CCC[C@H]1N(C(=O)c2cnccc2C(F)(F)F)CCC[C@@]1(Oc1csc(C(F)(F)F)c1)C(=O)N1CCC(O)(c2ccccc2OC[C@H]2CC[C@@H](C(C)=O)C2)CC1. The number of aliphatic hydroxyl groups is 1. The number of hydrogen-bond donors (Lipinski definition) is 1. The minimum atomic E-state index is -4.89. The Kier molecular flexibility index (Phi) is 12.1. The lowest BCUT2D eigenvalue weighted by atomic mass is 9.78. The molecule has 0 radical (unpaired) electrons. The molecule has 4 heterocycles. The summed E-state index contributed by atoms with van der Waals surface area (Å²) in [6.07, 6.45) is -4.79. The predicted molar refractivity (Wildman–Crippen MR) is 194 cm³/mol. The number of carbonyl (C=O) groups is 3.